The van der Waals surface area contributed by atoms with Crippen LogP contribution in [0.15, 0.2) is 71.8 Å². The second-order valence-corrected chi connectivity index (χ2v) is 5.92. The van der Waals surface area contributed by atoms with E-state index in [1.165, 1.54) is 0 Å². The van der Waals surface area contributed by atoms with E-state index in [2.05, 4.69) is 22.9 Å². The normalized spacial score (nSPS) is 11.5. The monoisotopic (exact) mass is 358 g/mol. The summed E-state index contributed by atoms with van der Waals surface area (Å²) in [7, 11) is 0. The van der Waals surface area contributed by atoms with Crippen LogP contribution in [0.2, 0.25) is 5.02 Å². The Labute approximate surface area is 152 Å². The van der Waals surface area contributed by atoms with Gasteiger partial charge in [0, 0.05) is 28.8 Å². The molecule has 0 bridgehead atoms. The van der Waals surface area contributed by atoms with Crippen molar-refractivity contribution in [1.29, 1.82) is 0 Å². The number of fused-ring (bicyclic) bond motifs is 1. The van der Waals surface area contributed by atoms with Crippen LogP contribution in [0.3, 0.4) is 0 Å². The zero-order chi connectivity index (χ0) is 17.4. The Morgan fingerprint density at radius 1 is 1.29 bits per heavy atom. The number of nitrogens with one attached hydrogen (secondary N) is 1. The molecule has 2 rings (SSSR count). The van der Waals surface area contributed by atoms with E-state index in [1.54, 1.807) is 36.5 Å². The molecule has 124 valence electrons. The predicted molar refractivity (Wildman–Crippen MR) is 106 cm³/mol. The van der Waals surface area contributed by atoms with Gasteiger partial charge in [-0.15, -0.1) is 12.6 Å². The van der Waals surface area contributed by atoms with Gasteiger partial charge in [0.1, 0.15) is 5.75 Å². The van der Waals surface area contributed by atoms with Crippen LogP contribution in [-0.2, 0) is 0 Å². The summed E-state index contributed by atoms with van der Waals surface area (Å²) in [5.41, 5.74) is 1.58. The van der Waals surface area contributed by atoms with Crippen LogP contribution < -0.4 is 5.32 Å². The first-order valence-corrected chi connectivity index (χ1v) is 8.30. The number of benzene rings is 1. The molecule has 5 heteroatoms. The Morgan fingerprint density at radius 2 is 2.12 bits per heavy atom. The molecule has 0 saturated carbocycles. The van der Waals surface area contributed by atoms with Crippen LogP contribution in [-0.4, -0.2) is 16.6 Å². The smallest absolute Gasteiger partial charge is 0.116 e. The summed E-state index contributed by atoms with van der Waals surface area (Å²) in [5.74, 6) is 0.188. The fourth-order valence-corrected chi connectivity index (χ4v) is 2.26. The fraction of sp³-hybridized carbons (Fsp3) is 0.105. The first-order valence-electron chi connectivity index (χ1n) is 7.47. The Balaban J connectivity index is 2.48. The molecule has 0 atom stereocenters. The van der Waals surface area contributed by atoms with Crippen molar-refractivity contribution >= 4 is 40.8 Å². The first kappa shape index (κ1) is 18.2. The van der Waals surface area contributed by atoms with Crippen LogP contribution in [0.5, 0.6) is 5.75 Å². The van der Waals surface area contributed by atoms with Gasteiger partial charge in [0.25, 0.3) is 0 Å². The molecular weight excluding hydrogens is 340 g/mol. The number of halogens is 1. The average molecular weight is 359 g/mol. The number of anilines is 1. The quantitative estimate of drug-likeness (QED) is 0.498. The molecule has 0 aliphatic rings. The summed E-state index contributed by atoms with van der Waals surface area (Å²) in [6.07, 6.45) is 7.46. The van der Waals surface area contributed by atoms with Gasteiger partial charge in [0.15, 0.2) is 0 Å². The van der Waals surface area contributed by atoms with Crippen LogP contribution >= 0.6 is 24.2 Å². The van der Waals surface area contributed by atoms with Crippen molar-refractivity contribution in [3.63, 3.8) is 0 Å². The van der Waals surface area contributed by atoms with Crippen molar-refractivity contribution in [2.75, 3.05) is 11.9 Å². The molecule has 0 radical (unpaired) electrons. The van der Waals surface area contributed by atoms with E-state index >= 15 is 0 Å². The number of phenolic OH excluding ortho intramolecular Hbond substituents is 1. The third-order valence-electron chi connectivity index (χ3n) is 3.23. The van der Waals surface area contributed by atoms with Gasteiger partial charge >= 0.3 is 0 Å². The zero-order valence-corrected chi connectivity index (χ0v) is 14.9. The highest BCUT2D eigenvalue weighted by Gasteiger charge is 2.00. The summed E-state index contributed by atoms with van der Waals surface area (Å²) in [6.45, 7) is 2.54. The number of phenols is 1. The number of nitrogens with zero attached hydrogens (tertiary/aromatic N) is 1. The number of aromatic nitrogens is 1. The lowest BCUT2D eigenvalue weighted by molar-refractivity contribution is 0.476. The van der Waals surface area contributed by atoms with Crippen LogP contribution in [0.1, 0.15) is 6.92 Å². The molecule has 2 N–H and O–H groups in total. The van der Waals surface area contributed by atoms with Gasteiger partial charge in [0.05, 0.1) is 5.52 Å². The molecule has 0 amide bonds. The Kier molecular flexibility index (Phi) is 6.97. The molecule has 0 aliphatic heterocycles. The third kappa shape index (κ3) is 5.48. The average Bonchev–Trinajstić information content (AvgIpc) is 2.57. The van der Waals surface area contributed by atoms with E-state index in [4.69, 9.17) is 11.6 Å². The second-order valence-electron chi connectivity index (χ2n) is 4.97. The van der Waals surface area contributed by atoms with Crippen molar-refractivity contribution in [2.45, 2.75) is 6.92 Å². The van der Waals surface area contributed by atoms with Crippen LogP contribution in [0, 0.1) is 0 Å². The Morgan fingerprint density at radius 3 is 2.92 bits per heavy atom. The first-order chi connectivity index (χ1) is 11.6. The molecule has 24 heavy (non-hydrogen) atoms. The van der Waals surface area contributed by atoms with Crippen molar-refractivity contribution in [1.82, 2.24) is 4.98 Å². The standard InChI is InChI=1S/C19H19ClN2OS/c1-2-16(24)6-4-11-21-18-7-3-5-14(20)10-12-22-19-9-8-15(23)13-17(18)19/h2-10,12-13,21,23-24H,11H2,1H3/b5-3?,6-4-,7-3?,12-10?,14-5?,14-10?,16-2+,18-7?,18-17?,22-12?,22-19?. The van der Waals surface area contributed by atoms with Crippen LogP contribution in [0.25, 0.3) is 10.9 Å². The molecule has 0 unspecified atom stereocenters. The number of hydrogen-bond acceptors (Lipinski definition) is 4. The number of aromatic hydroxyl groups is 1. The number of allylic oxidation sites excluding steroid dienone is 2. The van der Waals surface area contributed by atoms with E-state index < -0.39 is 0 Å². The summed E-state index contributed by atoms with van der Waals surface area (Å²) in [4.78, 5) is 5.31. The molecular formula is C19H19ClN2OS. The highest BCUT2D eigenvalue weighted by molar-refractivity contribution is 7.84. The van der Waals surface area contributed by atoms with E-state index in [1.807, 2.05) is 37.3 Å². The minimum atomic E-state index is 0.188. The minimum absolute atomic E-state index is 0.188. The van der Waals surface area contributed by atoms with Gasteiger partial charge in [0.2, 0.25) is 0 Å². The molecule has 2 aromatic rings. The summed E-state index contributed by atoms with van der Waals surface area (Å²) >= 11 is 10.4. The molecule has 0 fully saturated rings. The SMILES string of the molecule is C/C=C(S)\C=C/CNc1cccc(Cl)ccnc2ccc(O)cc12. The molecule has 0 aliphatic carbocycles. The molecule has 0 saturated heterocycles. The topological polar surface area (TPSA) is 45.2 Å². The number of rotatable bonds is 4. The Bertz CT molecular complexity index is 833. The fourth-order valence-electron chi connectivity index (χ4n) is 2.02. The largest absolute Gasteiger partial charge is 0.508 e. The van der Waals surface area contributed by atoms with Gasteiger partial charge in [-0.25, -0.2) is 0 Å². The molecule has 1 aromatic heterocycles. The summed E-state index contributed by atoms with van der Waals surface area (Å²) in [5, 5.41) is 14.6. The maximum Gasteiger partial charge on any atom is 0.116 e. The summed E-state index contributed by atoms with van der Waals surface area (Å²) < 4.78 is 0. The maximum atomic E-state index is 9.82. The Hall–Kier alpha value is -2.17. The second kappa shape index (κ2) is 9.21. The minimum Gasteiger partial charge on any atom is -0.508 e. The maximum absolute atomic E-state index is 9.82. The van der Waals surface area contributed by atoms with Crippen molar-refractivity contribution in [3.05, 3.63) is 76.8 Å². The van der Waals surface area contributed by atoms with Crippen molar-refractivity contribution in [2.24, 2.45) is 0 Å². The number of thiol groups is 1. The summed E-state index contributed by atoms with van der Waals surface area (Å²) in [6, 6.07) is 12.3. The van der Waals surface area contributed by atoms with E-state index in [9.17, 15) is 5.11 Å². The van der Waals surface area contributed by atoms with Crippen molar-refractivity contribution in [3.8, 4) is 5.75 Å². The molecule has 0 spiro atoms. The lowest BCUT2D eigenvalue weighted by Gasteiger charge is -2.06. The van der Waals surface area contributed by atoms with E-state index in [0.717, 1.165) is 21.5 Å². The predicted octanol–water partition coefficient (Wildman–Crippen LogP) is 5.52. The van der Waals surface area contributed by atoms with Gasteiger partial charge in [-0.2, -0.15) is 0 Å². The van der Waals surface area contributed by atoms with E-state index in [0.29, 0.717) is 11.6 Å². The molecule has 1 heterocycles. The molecule has 1 aromatic carbocycles. The van der Waals surface area contributed by atoms with Gasteiger partial charge < -0.3 is 10.4 Å². The lowest BCUT2D eigenvalue weighted by Crippen LogP contribution is -1.98. The lowest BCUT2D eigenvalue weighted by atomic mass is 10.2. The zero-order valence-electron chi connectivity index (χ0n) is 13.3. The number of hydrogen-bond donors (Lipinski definition) is 3. The van der Waals surface area contributed by atoms with Gasteiger partial charge in [-0.3, -0.25) is 4.98 Å². The van der Waals surface area contributed by atoms with E-state index in [-0.39, 0.29) is 5.75 Å². The molecule has 3 nitrogen and oxygen atoms in total. The van der Waals surface area contributed by atoms with Gasteiger partial charge in [-0.1, -0.05) is 35.9 Å². The highest BCUT2D eigenvalue weighted by atomic mass is 35.5. The van der Waals surface area contributed by atoms with Crippen molar-refractivity contribution < 1.29 is 5.11 Å². The highest BCUT2D eigenvalue weighted by Crippen LogP contribution is 2.24. The third-order valence-corrected chi connectivity index (χ3v) is 3.89. The van der Waals surface area contributed by atoms with Crippen LogP contribution in [0.4, 0.5) is 5.69 Å². The van der Waals surface area contributed by atoms with Gasteiger partial charge in [-0.05, 0) is 48.2 Å².